The minimum Gasteiger partial charge on any atom is -0.457 e. The zero-order chi connectivity index (χ0) is 23.4. The first kappa shape index (κ1) is 22.8. The van der Waals surface area contributed by atoms with Gasteiger partial charge in [0.1, 0.15) is 23.2 Å². The molecule has 0 fully saturated rings. The molecule has 0 saturated carbocycles. The first-order valence-corrected chi connectivity index (χ1v) is 11.5. The Kier molecular flexibility index (Phi) is 6.95. The summed E-state index contributed by atoms with van der Waals surface area (Å²) < 4.78 is 5.76. The predicted molar refractivity (Wildman–Crippen MR) is 132 cm³/mol. The van der Waals surface area contributed by atoms with Crippen LogP contribution < -0.4 is 5.32 Å². The number of anilines is 1. The van der Waals surface area contributed by atoms with Gasteiger partial charge >= 0.3 is 0 Å². The Morgan fingerprint density at radius 1 is 1.18 bits per heavy atom. The Balaban J connectivity index is 1.45. The maximum absolute atomic E-state index is 12.6. The third kappa shape index (κ3) is 5.52. The van der Waals surface area contributed by atoms with E-state index in [9.17, 15) is 10.1 Å². The lowest BCUT2D eigenvalue weighted by atomic mass is 10.1. The van der Waals surface area contributed by atoms with Crippen molar-refractivity contribution in [2.45, 2.75) is 13.3 Å². The number of carbonyl (C=O) groups is 1. The molecule has 0 radical (unpaired) electrons. The number of halogens is 2. The second-order valence-electron chi connectivity index (χ2n) is 7.20. The van der Waals surface area contributed by atoms with E-state index in [1.165, 1.54) is 17.4 Å². The van der Waals surface area contributed by atoms with E-state index in [0.717, 1.165) is 21.6 Å². The largest absolute Gasteiger partial charge is 0.457 e. The van der Waals surface area contributed by atoms with Crippen LogP contribution in [0.3, 0.4) is 0 Å². The minimum absolute atomic E-state index is 0.0999. The van der Waals surface area contributed by atoms with E-state index in [2.05, 4.69) is 10.3 Å². The molecular formula is C25H17Cl2N3O2S. The average molecular weight is 494 g/mol. The van der Waals surface area contributed by atoms with Crippen LogP contribution in [-0.4, -0.2) is 10.9 Å². The lowest BCUT2D eigenvalue weighted by Gasteiger charge is -2.02. The number of nitrogens with zero attached hydrogens (tertiary/aromatic N) is 2. The zero-order valence-electron chi connectivity index (χ0n) is 17.4. The Morgan fingerprint density at radius 2 is 2.00 bits per heavy atom. The summed E-state index contributed by atoms with van der Waals surface area (Å²) in [6.07, 6.45) is 3.73. The second-order valence-corrected chi connectivity index (χ2v) is 9.13. The van der Waals surface area contributed by atoms with Crippen LogP contribution in [0.1, 0.15) is 21.8 Å². The number of aromatic nitrogens is 1. The van der Waals surface area contributed by atoms with Gasteiger partial charge in [-0.1, -0.05) is 47.5 Å². The third-order valence-electron chi connectivity index (χ3n) is 4.81. The molecule has 0 bridgehead atoms. The van der Waals surface area contributed by atoms with E-state index in [1.54, 1.807) is 24.4 Å². The van der Waals surface area contributed by atoms with Crippen molar-refractivity contribution in [3.05, 3.63) is 98.2 Å². The zero-order valence-corrected chi connectivity index (χ0v) is 19.8. The Bertz CT molecular complexity index is 1400. The smallest absolute Gasteiger partial charge is 0.268 e. The van der Waals surface area contributed by atoms with E-state index in [1.807, 2.05) is 49.4 Å². The lowest BCUT2D eigenvalue weighted by Crippen LogP contribution is -2.13. The summed E-state index contributed by atoms with van der Waals surface area (Å²) in [6.45, 7) is 1.95. The molecule has 0 saturated heterocycles. The number of carbonyl (C=O) groups excluding carboxylic acids is 1. The average Bonchev–Trinajstić information content (AvgIpc) is 3.44. The summed E-state index contributed by atoms with van der Waals surface area (Å²) in [6, 6.07) is 18.5. The van der Waals surface area contributed by atoms with Gasteiger partial charge in [0, 0.05) is 34.2 Å². The van der Waals surface area contributed by atoms with Gasteiger partial charge in [-0.25, -0.2) is 4.98 Å². The first-order chi connectivity index (χ1) is 15.9. The lowest BCUT2D eigenvalue weighted by molar-refractivity contribution is -0.112. The molecule has 0 atom stereocenters. The highest BCUT2D eigenvalue weighted by atomic mass is 35.5. The van der Waals surface area contributed by atoms with E-state index in [-0.39, 0.29) is 5.57 Å². The molecule has 5 nitrogen and oxygen atoms in total. The molecule has 8 heteroatoms. The Hall–Kier alpha value is -3.37. The van der Waals surface area contributed by atoms with Crippen LogP contribution in [-0.2, 0) is 11.2 Å². The normalized spacial score (nSPS) is 11.3. The molecule has 2 aromatic heterocycles. The van der Waals surface area contributed by atoms with Gasteiger partial charge in [0.25, 0.3) is 5.91 Å². The molecule has 164 valence electrons. The van der Waals surface area contributed by atoms with Crippen molar-refractivity contribution < 1.29 is 9.21 Å². The second kappa shape index (κ2) is 10.1. The molecule has 0 aliphatic rings. The van der Waals surface area contributed by atoms with E-state index in [4.69, 9.17) is 27.6 Å². The Morgan fingerprint density at radius 3 is 2.76 bits per heavy atom. The van der Waals surface area contributed by atoms with Crippen molar-refractivity contribution in [2.75, 3.05) is 5.32 Å². The van der Waals surface area contributed by atoms with Crippen molar-refractivity contribution >= 4 is 51.7 Å². The highest BCUT2D eigenvalue weighted by Crippen LogP contribution is 2.30. The quantitative estimate of drug-likeness (QED) is 0.228. The molecule has 0 unspecified atom stereocenters. The van der Waals surface area contributed by atoms with Gasteiger partial charge in [0.2, 0.25) is 0 Å². The highest BCUT2D eigenvalue weighted by molar-refractivity contribution is 7.15. The fourth-order valence-corrected chi connectivity index (χ4v) is 4.36. The van der Waals surface area contributed by atoms with Crippen LogP contribution in [0.4, 0.5) is 5.13 Å². The van der Waals surface area contributed by atoms with Gasteiger partial charge < -0.3 is 4.42 Å². The van der Waals surface area contributed by atoms with Crippen molar-refractivity contribution in [3.8, 4) is 17.4 Å². The molecule has 0 spiro atoms. The summed E-state index contributed by atoms with van der Waals surface area (Å²) in [4.78, 5) is 17.8. The number of furan rings is 1. The Labute approximate surface area is 204 Å². The predicted octanol–water partition coefficient (Wildman–Crippen LogP) is 7.15. The number of benzene rings is 2. The first-order valence-electron chi connectivity index (χ1n) is 9.90. The van der Waals surface area contributed by atoms with Crippen molar-refractivity contribution in [3.63, 3.8) is 0 Å². The number of aryl methyl sites for hydroxylation is 1. The maximum Gasteiger partial charge on any atom is 0.268 e. The third-order valence-corrected chi connectivity index (χ3v) is 6.46. The van der Waals surface area contributed by atoms with E-state index >= 15 is 0 Å². The van der Waals surface area contributed by atoms with Crippen LogP contribution in [0.2, 0.25) is 10.0 Å². The molecule has 1 N–H and O–H groups in total. The number of rotatable bonds is 6. The summed E-state index contributed by atoms with van der Waals surface area (Å²) in [5.74, 6) is 0.352. The summed E-state index contributed by atoms with van der Waals surface area (Å²) in [7, 11) is 0. The summed E-state index contributed by atoms with van der Waals surface area (Å²) in [5, 5.41) is 13.8. The standard InChI is InChI=1S/C25H17Cl2N3O2S/c1-15-6-7-16(11-22(15)27)10-19-14-29-25(33-19)30-24(31)17(13-28)12-18-8-9-23(32-18)20-4-2-3-5-21(20)26/h2-9,11-12,14H,10H2,1H3,(H,29,30,31). The number of hydrogen-bond donors (Lipinski definition) is 1. The van der Waals surface area contributed by atoms with Gasteiger partial charge in [-0.3, -0.25) is 10.1 Å². The summed E-state index contributed by atoms with van der Waals surface area (Å²) >= 11 is 13.7. The molecular weight excluding hydrogens is 477 g/mol. The van der Waals surface area contributed by atoms with Crippen molar-refractivity contribution in [1.29, 1.82) is 5.26 Å². The van der Waals surface area contributed by atoms with E-state index in [0.29, 0.717) is 33.1 Å². The van der Waals surface area contributed by atoms with Crippen molar-refractivity contribution in [2.24, 2.45) is 0 Å². The number of nitriles is 1. The van der Waals surface area contributed by atoms with Gasteiger partial charge in [0.15, 0.2) is 5.13 Å². The van der Waals surface area contributed by atoms with Crippen LogP contribution in [0.25, 0.3) is 17.4 Å². The van der Waals surface area contributed by atoms with Crippen LogP contribution in [0.5, 0.6) is 0 Å². The van der Waals surface area contributed by atoms with Gasteiger partial charge in [-0.2, -0.15) is 5.26 Å². The molecule has 33 heavy (non-hydrogen) atoms. The minimum atomic E-state index is -0.563. The number of hydrogen-bond acceptors (Lipinski definition) is 5. The molecule has 4 rings (SSSR count). The number of amides is 1. The number of thiazole rings is 1. The highest BCUT2D eigenvalue weighted by Gasteiger charge is 2.14. The molecule has 2 aromatic carbocycles. The van der Waals surface area contributed by atoms with Crippen LogP contribution in [0.15, 0.2) is 70.8 Å². The summed E-state index contributed by atoms with van der Waals surface area (Å²) in [5.41, 5.74) is 2.70. The van der Waals surface area contributed by atoms with Crippen LogP contribution >= 0.6 is 34.5 Å². The van der Waals surface area contributed by atoms with Gasteiger partial charge in [0.05, 0.1) is 5.02 Å². The molecule has 2 heterocycles. The monoisotopic (exact) mass is 493 g/mol. The molecule has 1 amide bonds. The fourth-order valence-electron chi connectivity index (χ4n) is 3.09. The molecule has 0 aliphatic heterocycles. The topological polar surface area (TPSA) is 78.9 Å². The molecule has 4 aromatic rings. The van der Waals surface area contributed by atoms with E-state index < -0.39 is 5.91 Å². The molecule has 0 aliphatic carbocycles. The fraction of sp³-hybridized carbons (Fsp3) is 0.0800. The van der Waals surface area contributed by atoms with Crippen LogP contribution in [0, 0.1) is 18.3 Å². The maximum atomic E-state index is 12.6. The van der Waals surface area contributed by atoms with Crippen molar-refractivity contribution in [1.82, 2.24) is 4.98 Å². The van der Waals surface area contributed by atoms with Gasteiger partial charge in [-0.15, -0.1) is 11.3 Å². The SMILES string of the molecule is Cc1ccc(Cc2cnc(NC(=O)C(C#N)=Cc3ccc(-c4ccccc4Cl)o3)s2)cc1Cl. The number of nitrogens with one attached hydrogen (secondary N) is 1. The van der Waals surface area contributed by atoms with Gasteiger partial charge in [-0.05, 0) is 48.4 Å².